The van der Waals surface area contributed by atoms with Gasteiger partial charge in [0.15, 0.2) is 0 Å². The second-order valence-corrected chi connectivity index (χ2v) is 4.99. The molecule has 0 fully saturated rings. The molecule has 94 valence electrons. The molecule has 0 atom stereocenters. The summed E-state index contributed by atoms with van der Waals surface area (Å²) in [5.41, 5.74) is 0.924. The lowest BCUT2D eigenvalue weighted by Crippen LogP contribution is -2.49. The third-order valence-corrected chi connectivity index (χ3v) is 2.51. The lowest BCUT2D eigenvalue weighted by atomic mass is 9.95. The SMILES string of the molecule is CC(C)(Cc1ccccc1)NC(=O)NCCCl. The highest BCUT2D eigenvalue weighted by atomic mass is 35.5. The van der Waals surface area contributed by atoms with Crippen molar-refractivity contribution in [3.8, 4) is 0 Å². The number of urea groups is 1. The van der Waals surface area contributed by atoms with Gasteiger partial charge in [-0.3, -0.25) is 0 Å². The summed E-state index contributed by atoms with van der Waals surface area (Å²) < 4.78 is 0. The Bertz CT molecular complexity index is 352. The molecule has 3 nitrogen and oxygen atoms in total. The molecule has 0 aliphatic carbocycles. The molecule has 0 spiro atoms. The lowest BCUT2D eigenvalue weighted by molar-refractivity contribution is 0.230. The van der Waals surface area contributed by atoms with E-state index in [2.05, 4.69) is 22.8 Å². The third kappa shape index (κ3) is 5.59. The van der Waals surface area contributed by atoms with Crippen molar-refractivity contribution < 1.29 is 4.79 Å². The monoisotopic (exact) mass is 254 g/mol. The quantitative estimate of drug-likeness (QED) is 0.779. The fourth-order valence-corrected chi connectivity index (χ4v) is 1.76. The third-order valence-electron chi connectivity index (χ3n) is 2.32. The van der Waals surface area contributed by atoms with Gasteiger partial charge in [0.1, 0.15) is 0 Å². The van der Waals surface area contributed by atoms with Crippen LogP contribution in [0.3, 0.4) is 0 Å². The summed E-state index contributed by atoms with van der Waals surface area (Å²) in [6, 6.07) is 9.92. The number of amides is 2. The highest BCUT2D eigenvalue weighted by Gasteiger charge is 2.20. The molecule has 1 rings (SSSR count). The van der Waals surface area contributed by atoms with Gasteiger partial charge < -0.3 is 10.6 Å². The van der Waals surface area contributed by atoms with E-state index in [0.717, 1.165) is 6.42 Å². The zero-order chi connectivity index (χ0) is 12.7. The fraction of sp³-hybridized carbons (Fsp3) is 0.462. The average molecular weight is 255 g/mol. The summed E-state index contributed by atoms with van der Waals surface area (Å²) in [6.45, 7) is 4.48. The van der Waals surface area contributed by atoms with Gasteiger partial charge in [0.2, 0.25) is 0 Å². The van der Waals surface area contributed by atoms with Gasteiger partial charge in [0.05, 0.1) is 0 Å². The second-order valence-electron chi connectivity index (χ2n) is 4.62. The van der Waals surface area contributed by atoms with E-state index in [0.29, 0.717) is 12.4 Å². The first kappa shape index (κ1) is 13.8. The van der Waals surface area contributed by atoms with Crippen LogP contribution in [0.15, 0.2) is 30.3 Å². The smallest absolute Gasteiger partial charge is 0.315 e. The highest BCUT2D eigenvalue weighted by molar-refractivity contribution is 6.18. The molecule has 17 heavy (non-hydrogen) atoms. The minimum absolute atomic E-state index is 0.174. The molecule has 1 aromatic rings. The van der Waals surface area contributed by atoms with Gasteiger partial charge in [0.25, 0.3) is 0 Å². The van der Waals surface area contributed by atoms with E-state index in [-0.39, 0.29) is 11.6 Å². The number of alkyl halides is 1. The van der Waals surface area contributed by atoms with Gasteiger partial charge in [-0.05, 0) is 25.8 Å². The maximum Gasteiger partial charge on any atom is 0.315 e. The minimum Gasteiger partial charge on any atom is -0.337 e. The molecule has 4 heteroatoms. The Hall–Kier alpha value is -1.22. The number of nitrogens with one attached hydrogen (secondary N) is 2. The van der Waals surface area contributed by atoms with Crippen molar-refractivity contribution in [2.45, 2.75) is 25.8 Å². The van der Waals surface area contributed by atoms with Crippen molar-refractivity contribution in [1.82, 2.24) is 10.6 Å². The Balaban J connectivity index is 2.48. The molecule has 0 unspecified atom stereocenters. The summed E-state index contributed by atoms with van der Waals surface area (Å²) in [4.78, 5) is 11.5. The minimum atomic E-state index is -0.280. The number of benzene rings is 1. The predicted molar refractivity (Wildman–Crippen MR) is 71.5 cm³/mol. The van der Waals surface area contributed by atoms with Crippen LogP contribution >= 0.6 is 11.6 Å². The molecule has 0 bridgehead atoms. The number of hydrogen-bond donors (Lipinski definition) is 2. The predicted octanol–water partition coefficient (Wildman–Crippen LogP) is 2.55. The van der Waals surface area contributed by atoms with Crippen molar-refractivity contribution in [1.29, 1.82) is 0 Å². The largest absolute Gasteiger partial charge is 0.337 e. The molecular weight excluding hydrogens is 236 g/mol. The standard InChI is InChI=1S/C13H19ClN2O/c1-13(2,16-12(17)15-9-8-14)10-11-6-4-3-5-7-11/h3-7H,8-10H2,1-2H3,(H2,15,16,17). The van der Waals surface area contributed by atoms with Crippen LogP contribution in [0.25, 0.3) is 0 Å². The van der Waals surface area contributed by atoms with Gasteiger partial charge >= 0.3 is 6.03 Å². The summed E-state index contributed by atoms with van der Waals surface area (Å²) in [5, 5.41) is 5.62. The zero-order valence-corrected chi connectivity index (χ0v) is 11.1. The highest BCUT2D eigenvalue weighted by Crippen LogP contribution is 2.12. The van der Waals surface area contributed by atoms with Crippen LogP contribution in [0.1, 0.15) is 19.4 Å². The maximum absolute atomic E-state index is 11.5. The molecule has 2 amide bonds. The van der Waals surface area contributed by atoms with E-state index >= 15 is 0 Å². The van der Waals surface area contributed by atoms with E-state index in [1.54, 1.807) is 0 Å². The van der Waals surface area contributed by atoms with Gasteiger partial charge in [-0.2, -0.15) is 0 Å². The van der Waals surface area contributed by atoms with E-state index in [1.165, 1.54) is 5.56 Å². The summed E-state index contributed by atoms with van der Waals surface area (Å²) in [5.74, 6) is 0.423. The zero-order valence-electron chi connectivity index (χ0n) is 10.3. The molecule has 0 saturated carbocycles. The molecule has 0 aromatic heterocycles. The lowest BCUT2D eigenvalue weighted by Gasteiger charge is -2.26. The average Bonchev–Trinajstić information content (AvgIpc) is 2.26. The van der Waals surface area contributed by atoms with Gasteiger partial charge in [-0.25, -0.2) is 4.79 Å². The number of rotatable bonds is 5. The molecule has 0 aliphatic heterocycles. The van der Waals surface area contributed by atoms with Crippen molar-refractivity contribution in [3.05, 3.63) is 35.9 Å². The Labute approximate surface area is 108 Å². The van der Waals surface area contributed by atoms with Crippen LogP contribution < -0.4 is 10.6 Å². The van der Waals surface area contributed by atoms with Gasteiger partial charge in [0, 0.05) is 18.0 Å². The molecule has 1 aromatic carbocycles. The Kier molecular flexibility index (Phi) is 5.29. The van der Waals surface area contributed by atoms with Crippen LogP contribution in [0, 0.1) is 0 Å². The molecule has 0 saturated heterocycles. The first-order chi connectivity index (χ1) is 8.03. The van der Waals surface area contributed by atoms with E-state index < -0.39 is 0 Å². The van der Waals surface area contributed by atoms with Crippen LogP contribution in [-0.4, -0.2) is 24.0 Å². The van der Waals surface area contributed by atoms with Crippen LogP contribution in [0.2, 0.25) is 0 Å². The molecule has 0 radical (unpaired) electrons. The van der Waals surface area contributed by atoms with Crippen LogP contribution in [0.5, 0.6) is 0 Å². The molecular formula is C13H19ClN2O. The summed E-state index contributed by atoms with van der Waals surface area (Å²) in [7, 11) is 0. The van der Waals surface area contributed by atoms with Gasteiger partial charge in [-0.15, -0.1) is 11.6 Å². The fourth-order valence-electron chi connectivity index (χ4n) is 1.66. The van der Waals surface area contributed by atoms with Crippen molar-refractivity contribution in [2.75, 3.05) is 12.4 Å². The number of hydrogen-bond acceptors (Lipinski definition) is 1. The van der Waals surface area contributed by atoms with E-state index in [1.807, 2.05) is 32.0 Å². The van der Waals surface area contributed by atoms with Crippen LogP contribution in [-0.2, 0) is 6.42 Å². The topological polar surface area (TPSA) is 41.1 Å². The van der Waals surface area contributed by atoms with E-state index in [9.17, 15) is 4.79 Å². The van der Waals surface area contributed by atoms with Gasteiger partial charge in [-0.1, -0.05) is 30.3 Å². The van der Waals surface area contributed by atoms with E-state index in [4.69, 9.17) is 11.6 Å². The number of halogens is 1. The van der Waals surface area contributed by atoms with Crippen LogP contribution in [0.4, 0.5) is 4.79 Å². The Morgan fingerprint density at radius 1 is 1.29 bits per heavy atom. The second kappa shape index (κ2) is 6.50. The number of carbonyl (C=O) groups excluding carboxylic acids is 1. The molecule has 0 heterocycles. The number of carbonyl (C=O) groups is 1. The molecule has 0 aliphatic rings. The first-order valence-electron chi connectivity index (χ1n) is 5.69. The van der Waals surface area contributed by atoms with Crippen molar-refractivity contribution in [3.63, 3.8) is 0 Å². The first-order valence-corrected chi connectivity index (χ1v) is 6.23. The van der Waals surface area contributed by atoms with Crippen molar-refractivity contribution in [2.24, 2.45) is 0 Å². The maximum atomic E-state index is 11.5. The molecule has 2 N–H and O–H groups in total. The Morgan fingerprint density at radius 3 is 2.53 bits per heavy atom. The summed E-state index contributed by atoms with van der Waals surface area (Å²) >= 11 is 5.50. The normalized spacial score (nSPS) is 11.0. The summed E-state index contributed by atoms with van der Waals surface area (Å²) in [6.07, 6.45) is 0.794. The van der Waals surface area contributed by atoms with Crippen molar-refractivity contribution >= 4 is 17.6 Å². The Morgan fingerprint density at radius 2 is 1.94 bits per heavy atom.